The first kappa shape index (κ1) is 27.2. The van der Waals surface area contributed by atoms with Gasteiger partial charge in [0.2, 0.25) is 0 Å². The molecule has 0 saturated heterocycles. The molecular formula is C37H36BN2. The molecule has 0 aliphatic heterocycles. The van der Waals surface area contributed by atoms with E-state index in [0.717, 1.165) is 16.7 Å². The third-order valence-corrected chi connectivity index (χ3v) is 7.46. The summed E-state index contributed by atoms with van der Waals surface area (Å²) in [5.41, 5.74) is 16.5. The van der Waals surface area contributed by atoms with E-state index in [1.165, 1.54) is 61.0 Å². The van der Waals surface area contributed by atoms with Crippen LogP contribution in [0, 0.1) is 41.5 Å². The topological polar surface area (TPSA) is 28.7 Å². The standard InChI is InChI=1S/C19H14N2.C18H22B/c1-2-5-14(6-3-1)15-8-10-16(11-9-15)18-13-17-7-4-12-20-19(17)21-18;1-11-7-13(3)17(14(4)8-11)19-18-15(5)9-12(2)10-16(18)6/h1-13H,(H,20,21);7-10H,1-6H3. The Bertz CT molecular complexity index is 1630. The van der Waals surface area contributed by atoms with Crippen molar-refractivity contribution in [1.29, 1.82) is 0 Å². The van der Waals surface area contributed by atoms with Crippen molar-refractivity contribution in [3.05, 3.63) is 137 Å². The molecule has 2 nitrogen and oxygen atoms in total. The summed E-state index contributed by atoms with van der Waals surface area (Å²) in [6.07, 6.45) is 1.81. The lowest BCUT2D eigenvalue weighted by Gasteiger charge is -2.15. The van der Waals surface area contributed by atoms with Gasteiger partial charge in [-0.15, -0.1) is 0 Å². The molecule has 197 valence electrons. The second kappa shape index (κ2) is 11.8. The van der Waals surface area contributed by atoms with Crippen molar-refractivity contribution in [2.24, 2.45) is 0 Å². The van der Waals surface area contributed by atoms with Gasteiger partial charge in [-0.3, -0.25) is 0 Å². The zero-order valence-electron chi connectivity index (χ0n) is 24.3. The van der Waals surface area contributed by atoms with Gasteiger partial charge in [-0.1, -0.05) is 123 Å². The van der Waals surface area contributed by atoms with Crippen molar-refractivity contribution in [3.8, 4) is 22.4 Å². The summed E-state index contributed by atoms with van der Waals surface area (Å²) in [5.74, 6) is 0. The molecular weight excluding hydrogens is 483 g/mol. The number of fused-ring (bicyclic) bond motifs is 1. The molecule has 0 amide bonds. The average Bonchev–Trinajstić information content (AvgIpc) is 3.37. The fourth-order valence-corrected chi connectivity index (χ4v) is 5.57. The SMILES string of the molecule is Cc1cc(C)c([B]c2c(C)cc(C)cc2C)c(C)c1.c1ccc(-c2ccc(-c3cc4cccnc4[nH]3)cc2)cc1. The Morgan fingerprint density at radius 3 is 1.55 bits per heavy atom. The third-order valence-electron chi connectivity index (χ3n) is 7.46. The number of rotatable bonds is 4. The number of benzene rings is 4. The minimum absolute atomic E-state index is 0.930. The molecule has 1 radical (unpaired) electrons. The van der Waals surface area contributed by atoms with Gasteiger partial charge in [-0.2, -0.15) is 0 Å². The Morgan fingerprint density at radius 2 is 1.02 bits per heavy atom. The highest BCUT2D eigenvalue weighted by Gasteiger charge is 2.11. The van der Waals surface area contributed by atoms with Crippen molar-refractivity contribution in [2.45, 2.75) is 41.5 Å². The van der Waals surface area contributed by atoms with E-state index >= 15 is 0 Å². The van der Waals surface area contributed by atoms with E-state index in [0.29, 0.717) is 0 Å². The molecule has 6 rings (SSSR count). The highest BCUT2D eigenvalue weighted by molar-refractivity contribution is 6.69. The summed E-state index contributed by atoms with van der Waals surface area (Å²) in [6, 6.07) is 34.2. The Labute approximate surface area is 239 Å². The van der Waals surface area contributed by atoms with Crippen LogP contribution < -0.4 is 10.9 Å². The molecule has 6 aromatic rings. The molecule has 0 aliphatic rings. The maximum atomic E-state index is 4.34. The van der Waals surface area contributed by atoms with Crippen molar-refractivity contribution in [3.63, 3.8) is 0 Å². The van der Waals surface area contributed by atoms with E-state index in [1.54, 1.807) is 6.20 Å². The van der Waals surface area contributed by atoms with Crippen LogP contribution in [-0.2, 0) is 0 Å². The first-order valence-corrected chi connectivity index (χ1v) is 13.9. The zero-order chi connectivity index (χ0) is 28.2. The lowest BCUT2D eigenvalue weighted by Crippen LogP contribution is -2.34. The number of nitrogens with one attached hydrogen (secondary N) is 1. The van der Waals surface area contributed by atoms with Gasteiger partial charge in [0.05, 0.1) is 0 Å². The Morgan fingerprint density at radius 1 is 0.525 bits per heavy atom. The quantitative estimate of drug-likeness (QED) is 0.234. The van der Waals surface area contributed by atoms with Crippen molar-refractivity contribution in [1.82, 2.24) is 9.97 Å². The maximum absolute atomic E-state index is 4.34. The van der Waals surface area contributed by atoms with E-state index in [1.807, 2.05) is 12.1 Å². The zero-order valence-corrected chi connectivity index (χ0v) is 24.3. The van der Waals surface area contributed by atoms with Gasteiger partial charge >= 0.3 is 0 Å². The molecule has 2 aromatic heterocycles. The second-order valence-corrected chi connectivity index (χ2v) is 10.8. The van der Waals surface area contributed by atoms with Crippen LogP contribution in [0.25, 0.3) is 33.4 Å². The Hall–Kier alpha value is -4.37. The fourth-order valence-electron chi connectivity index (χ4n) is 5.57. The number of aryl methyl sites for hydroxylation is 6. The molecule has 0 unspecified atom stereocenters. The molecule has 2 heterocycles. The van der Waals surface area contributed by atoms with Crippen LogP contribution in [0.5, 0.6) is 0 Å². The number of hydrogen-bond donors (Lipinski definition) is 1. The third kappa shape index (κ3) is 6.10. The molecule has 0 atom stereocenters. The summed E-state index contributed by atoms with van der Waals surface area (Å²) in [7, 11) is 2.34. The van der Waals surface area contributed by atoms with E-state index in [-0.39, 0.29) is 0 Å². The number of hydrogen-bond acceptors (Lipinski definition) is 1. The van der Waals surface area contributed by atoms with Crippen molar-refractivity contribution in [2.75, 3.05) is 0 Å². The first-order valence-electron chi connectivity index (χ1n) is 13.9. The van der Waals surface area contributed by atoms with Gasteiger partial charge in [0.1, 0.15) is 5.65 Å². The van der Waals surface area contributed by atoms with Crippen LogP contribution >= 0.6 is 0 Å². The summed E-state index contributed by atoms with van der Waals surface area (Å²) >= 11 is 0. The van der Waals surface area contributed by atoms with E-state index in [9.17, 15) is 0 Å². The number of aromatic amines is 1. The van der Waals surface area contributed by atoms with Crippen LogP contribution in [0.15, 0.2) is 103 Å². The highest BCUT2D eigenvalue weighted by atomic mass is 14.8. The largest absolute Gasteiger partial charge is 0.339 e. The number of nitrogens with zero attached hydrogens (tertiary/aromatic N) is 1. The lowest BCUT2D eigenvalue weighted by molar-refractivity contribution is 1.32. The van der Waals surface area contributed by atoms with Gasteiger partial charge in [0, 0.05) is 17.3 Å². The van der Waals surface area contributed by atoms with Crippen LogP contribution in [0.1, 0.15) is 33.4 Å². The molecule has 0 bridgehead atoms. The minimum atomic E-state index is 0.930. The molecule has 0 saturated carbocycles. The fraction of sp³-hybridized carbons (Fsp3) is 0.162. The van der Waals surface area contributed by atoms with Crippen molar-refractivity contribution >= 4 is 29.2 Å². The number of H-pyrrole nitrogens is 1. The highest BCUT2D eigenvalue weighted by Crippen LogP contribution is 2.26. The number of aromatic nitrogens is 2. The van der Waals surface area contributed by atoms with Crippen LogP contribution in [0.4, 0.5) is 0 Å². The average molecular weight is 520 g/mol. The summed E-state index contributed by atoms with van der Waals surface area (Å²) in [5, 5.41) is 1.14. The van der Waals surface area contributed by atoms with Crippen molar-refractivity contribution < 1.29 is 0 Å². The molecule has 1 N–H and O–H groups in total. The Kier molecular flexibility index (Phi) is 8.02. The van der Waals surface area contributed by atoms with Gasteiger partial charge in [0.15, 0.2) is 7.28 Å². The summed E-state index contributed by atoms with van der Waals surface area (Å²) in [4.78, 5) is 7.70. The summed E-state index contributed by atoms with van der Waals surface area (Å²) in [6.45, 7) is 13.1. The normalized spacial score (nSPS) is 10.8. The predicted molar refractivity (Wildman–Crippen MR) is 173 cm³/mol. The summed E-state index contributed by atoms with van der Waals surface area (Å²) < 4.78 is 0. The minimum Gasteiger partial charge on any atom is -0.339 e. The molecule has 4 aromatic carbocycles. The maximum Gasteiger partial charge on any atom is 0.192 e. The van der Waals surface area contributed by atoms with Gasteiger partial charge in [0.25, 0.3) is 0 Å². The van der Waals surface area contributed by atoms with Crippen LogP contribution in [0.3, 0.4) is 0 Å². The Balaban J connectivity index is 0.000000162. The second-order valence-electron chi connectivity index (χ2n) is 10.8. The van der Waals surface area contributed by atoms with Crippen LogP contribution in [-0.4, -0.2) is 17.2 Å². The molecule has 0 fully saturated rings. The molecule has 40 heavy (non-hydrogen) atoms. The molecule has 3 heteroatoms. The smallest absolute Gasteiger partial charge is 0.192 e. The van der Waals surface area contributed by atoms with E-state index in [4.69, 9.17) is 0 Å². The van der Waals surface area contributed by atoms with E-state index in [2.05, 4.69) is 144 Å². The van der Waals surface area contributed by atoms with Crippen LogP contribution in [0.2, 0.25) is 0 Å². The van der Waals surface area contributed by atoms with Gasteiger partial charge in [-0.05, 0) is 76.4 Å². The van der Waals surface area contributed by atoms with Gasteiger partial charge < -0.3 is 4.98 Å². The van der Waals surface area contributed by atoms with E-state index < -0.39 is 0 Å². The molecule has 0 spiro atoms. The lowest BCUT2D eigenvalue weighted by atomic mass is 9.58. The van der Waals surface area contributed by atoms with Gasteiger partial charge in [-0.25, -0.2) is 4.98 Å². The monoisotopic (exact) mass is 519 g/mol. The number of pyridine rings is 1. The predicted octanol–water partition coefficient (Wildman–Crippen LogP) is 8.09. The first-order chi connectivity index (χ1) is 19.3. The molecule has 0 aliphatic carbocycles.